The lowest BCUT2D eigenvalue weighted by Gasteiger charge is -2.20. The highest BCUT2D eigenvalue weighted by Crippen LogP contribution is 2.34. The van der Waals surface area contributed by atoms with Crippen LogP contribution in [0.15, 0.2) is 48.5 Å². The number of hydrogen-bond donors (Lipinski definition) is 3. The molecule has 0 radical (unpaired) electrons. The Kier molecular flexibility index (Phi) is 6.53. The quantitative estimate of drug-likeness (QED) is 0.475. The molecule has 0 spiro atoms. The molecule has 1 saturated carbocycles. The van der Waals surface area contributed by atoms with Gasteiger partial charge in [0.25, 0.3) is 11.8 Å². The number of amides is 3. The Balaban J connectivity index is 1.33. The summed E-state index contributed by atoms with van der Waals surface area (Å²) in [6.07, 6.45) is 5.23. The van der Waals surface area contributed by atoms with Crippen LogP contribution in [0, 0.1) is 5.92 Å². The molecule has 1 heterocycles. The summed E-state index contributed by atoms with van der Waals surface area (Å²) in [4.78, 5) is 37.5. The number of halogens is 1. The molecule has 3 amide bonds. The molecule has 3 N–H and O–H groups in total. The van der Waals surface area contributed by atoms with Gasteiger partial charge in [0, 0.05) is 27.3 Å². The molecular formula is C23H22ClN3O3S. The summed E-state index contributed by atoms with van der Waals surface area (Å²) >= 11 is 7.56. The second kappa shape index (κ2) is 9.49. The van der Waals surface area contributed by atoms with Gasteiger partial charge in [-0.1, -0.05) is 49.1 Å². The molecule has 31 heavy (non-hydrogen) atoms. The third-order valence-corrected chi connectivity index (χ3v) is 7.10. The van der Waals surface area contributed by atoms with Crippen molar-refractivity contribution in [2.24, 2.45) is 5.92 Å². The largest absolute Gasteiger partial charge is 0.326 e. The van der Waals surface area contributed by atoms with E-state index in [0.717, 1.165) is 35.8 Å². The Morgan fingerprint density at radius 1 is 0.871 bits per heavy atom. The van der Waals surface area contributed by atoms with Crippen molar-refractivity contribution >= 4 is 56.4 Å². The zero-order valence-corrected chi connectivity index (χ0v) is 18.3. The van der Waals surface area contributed by atoms with Gasteiger partial charge >= 0.3 is 0 Å². The molecule has 0 aliphatic heterocycles. The van der Waals surface area contributed by atoms with E-state index in [0.29, 0.717) is 21.2 Å². The molecular weight excluding hydrogens is 434 g/mol. The van der Waals surface area contributed by atoms with Crippen molar-refractivity contribution in [1.29, 1.82) is 0 Å². The van der Waals surface area contributed by atoms with Crippen LogP contribution in [-0.2, 0) is 4.79 Å². The summed E-state index contributed by atoms with van der Waals surface area (Å²) in [7, 11) is 0. The van der Waals surface area contributed by atoms with E-state index in [1.165, 1.54) is 17.8 Å². The van der Waals surface area contributed by atoms with Crippen molar-refractivity contribution in [3.63, 3.8) is 0 Å². The summed E-state index contributed by atoms with van der Waals surface area (Å²) < 4.78 is 0.898. The standard InChI is InChI=1S/C23H22ClN3O3S/c24-19-17-8-4-5-9-18(17)31-20(19)23(30)27-26-22(29)15-10-12-16(13-11-15)25-21(28)14-6-2-1-3-7-14/h4-5,8-14H,1-3,6-7H2,(H,25,28)(H,26,29)(H,27,30). The Morgan fingerprint density at radius 3 is 2.26 bits per heavy atom. The maximum absolute atomic E-state index is 12.4. The number of fused-ring (bicyclic) bond motifs is 1. The molecule has 1 aliphatic rings. The first-order valence-corrected chi connectivity index (χ1v) is 11.4. The highest BCUT2D eigenvalue weighted by atomic mass is 35.5. The molecule has 8 heteroatoms. The van der Waals surface area contributed by atoms with Crippen molar-refractivity contribution in [3.8, 4) is 0 Å². The van der Waals surface area contributed by atoms with Crippen LogP contribution in [0.1, 0.15) is 52.1 Å². The minimum absolute atomic E-state index is 0.0318. The molecule has 1 fully saturated rings. The molecule has 0 atom stereocenters. The second-order valence-corrected chi connectivity index (χ2v) is 8.98. The van der Waals surface area contributed by atoms with Gasteiger partial charge in [-0.3, -0.25) is 25.2 Å². The van der Waals surface area contributed by atoms with Crippen LogP contribution in [0.3, 0.4) is 0 Å². The first-order chi connectivity index (χ1) is 15.0. The van der Waals surface area contributed by atoms with Crippen molar-refractivity contribution < 1.29 is 14.4 Å². The fraction of sp³-hybridized carbons (Fsp3) is 0.261. The number of hydrazine groups is 1. The topological polar surface area (TPSA) is 87.3 Å². The Morgan fingerprint density at radius 2 is 1.55 bits per heavy atom. The number of anilines is 1. The molecule has 0 saturated heterocycles. The van der Waals surface area contributed by atoms with Gasteiger partial charge < -0.3 is 5.32 Å². The van der Waals surface area contributed by atoms with Crippen LogP contribution in [-0.4, -0.2) is 17.7 Å². The van der Waals surface area contributed by atoms with Gasteiger partial charge in [0.2, 0.25) is 5.91 Å². The van der Waals surface area contributed by atoms with Gasteiger partial charge in [-0.25, -0.2) is 0 Å². The molecule has 1 aromatic heterocycles. The average Bonchev–Trinajstić information content (AvgIpc) is 3.15. The molecule has 0 unspecified atom stereocenters. The van der Waals surface area contributed by atoms with Crippen LogP contribution in [0.5, 0.6) is 0 Å². The van der Waals surface area contributed by atoms with E-state index >= 15 is 0 Å². The maximum Gasteiger partial charge on any atom is 0.281 e. The average molecular weight is 456 g/mol. The van der Waals surface area contributed by atoms with Gasteiger partial charge in [-0.2, -0.15) is 0 Å². The van der Waals surface area contributed by atoms with Gasteiger partial charge in [0.05, 0.1) is 5.02 Å². The lowest BCUT2D eigenvalue weighted by atomic mass is 9.88. The number of benzene rings is 2. The fourth-order valence-electron chi connectivity index (χ4n) is 3.72. The first-order valence-electron chi connectivity index (χ1n) is 10.2. The fourth-order valence-corrected chi connectivity index (χ4v) is 5.13. The lowest BCUT2D eigenvalue weighted by Crippen LogP contribution is -2.41. The summed E-state index contributed by atoms with van der Waals surface area (Å²) in [6.45, 7) is 0. The maximum atomic E-state index is 12.4. The molecule has 6 nitrogen and oxygen atoms in total. The summed E-state index contributed by atoms with van der Waals surface area (Å²) in [6, 6.07) is 14.0. The monoisotopic (exact) mass is 455 g/mol. The van der Waals surface area contributed by atoms with Crippen molar-refractivity contribution in [2.45, 2.75) is 32.1 Å². The van der Waals surface area contributed by atoms with Crippen LogP contribution in [0.25, 0.3) is 10.1 Å². The zero-order chi connectivity index (χ0) is 21.8. The normalized spacial score (nSPS) is 14.2. The molecule has 1 aliphatic carbocycles. The van der Waals surface area contributed by atoms with Gasteiger partial charge in [0.15, 0.2) is 0 Å². The Hall–Kier alpha value is -2.90. The molecule has 3 aromatic rings. The number of carbonyl (C=O) groups excluding carboxylic acids is 3. The first kappa shape index (κ1) is 21.3. The predicted octanol–water partition coefficient (Wildman–Crippen LogP) is 5.15. The molecule has 0 bridgehead atoms. The third-order valence-electron chi connectivity index (χ3n) is 5.42. The van der Waals surface area contributed by atoms with Gasteiger partial charge in [0.1, 0.15) is 4.88 Å². The van der Waals surface area contributed by atoms with Crippen molar-refractivity contribution in [1.82, 2.24) is 10.9 Å². The van der Waals surface area contributed by atoms with Gasteiger partial charge in [-0.05, 0) is 43.2 Å². The van der Waals surface area contributed by atoms with Gasteiger partial charge in [-0.15, -0.1) is 11.3 Å². The number of nitrogens with one attached hydrogen (secondary N) is 3. The van der Waals surface area contributed by atoms with Crippen LogP contribution >= 0.6 is 22.9 Å². The van der Waals surface area contributed by atoms with E-state index in [1.807, 2.05) is 24.3 Å². The van der Waals surface area contributed by atoms with E-state index in [2.05, 4.69) is 16.2 Å². The van der Waals surface area contributed by atoms with Crippen LogP contribution < -0.4 is 16.2 Å². The highest BCUT2D eigenvalue weighted by Gasteiger charge is 2.21. The zero-order valence-electron chi connectivity index (χ0n) is 16.7. The van der Waals surface area contributed by atoms with Crippen molar-refractivity contribution in [3.05, 3.63) is 64.0 Å². The molecule has 4 rings (SSSR count). The predicted molar refractivity (Wildman–Crippen MR) is 123 cm³/mol. The number of carbonyl (C=O) groups is 3. The molecule has 160 valence electrons. The highest BCUT2D eigenvalue weighted by molar-refractivity contribution is 7.21. The van der Waals surface area contributed by atoms with E-state index in [1.54, 1.807) is 24.3 Å². The summed E-state index contributed by atoms with van der Waals surface area (Å²) in [5.74, 6) is -0.844. The van der Waals surface area contributed by atoms with E-state index in [4.69, 9.17) is 11.6 Å². The van der Waals surface area contributed by atoms with E-state index in [-0.39, 0.29) is 11.8 Å². The van der Waals surface area contributed by atoms with Crippen molar-refractivity contribution in [2.75, 3.05) is 5.32 Å². The number of hydrogen-bond acceptors (Lipinski definition) is 4. The summed E-state index contributed by atoms with van der Waals surface area (Å²) in [5, 5.41) is 4.08. The van der Waals surface area contributed by atoms with Crippen LogP contribution in [0.4, 0.5) is 5.69 Å². The second-order valence-electron chi connectivity index (χ2n) is 7.55. The lowest BCUT2D eigenvalue weighted by molar-refractivity contribution is -0.120. The summed E-state index contributed by atoms with van der Waals surface area (Å²) in [5.41, 5.74) is 5.82. The molecule has 2 aromatic carbocycles. The SMILES string of the molecule is O=C(NNC(=O)c1sc2ccccc2c1Cl)c1ccc(NC(=O)C2CCCCC2)cc1. The minimum Gasteiger partial charge on any atom is -0.326 e. The Bertz CT molecular complexity index is 1120. The number of thiophene rings is 1. The third kappa shape index (κ3) is 4.89. The smallest absolute Gasteiger partial charge is 0.281 e. The number of rotatable bonds is 4. The Labute approximate surface area is 188 Å². The van der Waals surface area contributed by atoms with Crippen LogP contribution in [0.2, 0.25) is 5.02 Å². The minimum atomic E-state index is -0.476. The van der Waals surface area contributed by atoms with E-state index < -0.39 is 11.8 Å². The van der Waals surface area contributed by atoms with E-state index in [9.17, 15) is 14.4 Å².